The maximum absolute atomic E-state index is 12.1. The number of carbonyl (C=O) groups excluding carboxylic acids is 1. The van der Waals surface area contributed by atoms with Crippen molar-refractivity contribution in [3.8, 4) is 11.6 Å². The van der Waals surface area contributed by atoms with E-state index in [-0.39, 0.29) is 5.91 Å². The number of hydrogen-bond donors (Lipinski definition) is 0. The van der Waals surface area contributed by atoms with Crippen LogP contribution >= 0.6 is 0 Å². The van der Waals surface area contributed by atoms with E-state index in [1.54, 1.807) is 18.4 Å². The molecule has 6 nitrogen and oxygen atoms in total. The van der Waals surface area contributed by atoms with Gasteiger partial charge in [0, 0.05) is 25.9 Å². The van der Waals surface area contributed by atoms with Crippen LogP contribution in [0.5, 0.6) is 0 Å². The molecule has 1 aliphatic rings. The largest absolute Gasteiger partial charge is 0.461 e. The number of amides is 1. The van der Waals surface area contributed by atoms with E-state index in [2.05, 4.69) is 17.1 Å². The Bertz CT molecular complexity index is 601. The highest BCUT2D eigenvalue weighted by atomic mass is 16.5. The monoisotopic (exact) mass is 289 g/mol. The zero-order chi connectivity index (χ0) is 14.8. The van der Waals surface area contributed by atoms with E-state index in [0.717, 1.165) is 0 Å². The summed E-state index contributed by atoms with van der Waals surface area (Å²) in [7, 11) is 1.87. The molecule has 2 aromatic heterocycles. The maximum Gasteiger partial charge on any atom is 0.238 e. The first-order chi connectivity index (χ1) is 10.1. The average Bonchev–Trinajstić information content (AvgIpc) is 3.01. The highest BCUT2D eigenvalue weighted by Gasteiger charge is 2.32. The minimum Gasteiger partial charge on any atom is -0.461 e. The highest BCUT2D eigenvalue weighted by molar-refractivity contribution is 5.76. The molecule has 1 atom stereocenters. The van der Waals surface area contributed by atoms with Crippen LogP contribution in [0.15, 0.2) is 27.3 Å². The molecule has 21 heavy (non-hydrogen) atoms. The predicted molar refractivity (Wildman–Crippen MR) is 75.3 cm³/mol. The first-order valence-electron chi connectivity index (χ1n) is 7.27. The molecule has 1 amide bonds. The van der Waals surface area contributed by atoms with Crippen LogP contribution in [-0.4, -0.2) is 34.0 Å². The van der Waals surface area contributed by atoms with Crippen molar-refractivity contribution < 1.29 is 13.7 Å². The summed E-state index contributed by atoms with van der Waals surface area (Å²) in [6.07, 6.45) is 4.86. The molecule has 0 bridgehead atoms. The molecule has 0 aromatic carbocycles. The number of hydrogen-bond acceptors (Lipinski definition) is 5. The van der Waals surface area contributed by atoms with Crippen molar-refractivity contribution in [2.45, 2.75) is 38.6 Å². The number of carbonyl (C=O) groups is 1. The van der Waals surface area contributed by atoms with Gasteiger partial charge in [-0.05, 0) is 37.8 Å². The van der Waals surface area contributed by atoms with Crippen molar-refractivity contribution in [1.82, 2.24) is 15.0 Å². The summed E-state index contributed by atoms with van der Waals surface area (Å²) in [5.74, 6) is 2.24. The first-order valence-corrected chi connectivity index (χ1v) is 7.27. The minimum atomic E-state index is 0.118. The number of aromatic nitrogens is 2. The van der Waals surface area contributed by atoms with Crippen LogP contribution in [0, 0.1) is 5.92 Å². The second kappa shape index (κ2) is 5.71. The molecule has 3 rings (SSSR count). The standard InChI is InChI=1S/C15H19N3O3/c1-10(11-5-6-11)18(2)14(19)8-7-13-16-15(17-21-13)12-4-3-9-20-12/h3-4,9-11H,5-8H2,1-2H3. The Balaban J connectivity index is 1.54. The Morgan fingerprint density at radius 1 is 1.52 bits per heavy atom. The van der Waals surface area contributed by atoms with Gasteiger partial charge >= 0.3 is 0 Å². The Morgan fingerprint density at radius 2 is 2.33 bits per heavy atom. The molecule has 0 N–H and O–H groups in total. The molecule has 2 aromatic rings. The molecule has 0 radical (unpaired) electrons. The van der Waals surface area contributed by atoms with Gasteiger partial charge in [0.2, 0.25) is 17.6 Å². The van der Waals surface area contributed by atoms with Crippen molar-refractivity contribution in [3.63, 3.8) is 0 Å². The molecular formula is C15H19N3O3. The van der Waals surface area contributed by atoms with Gasteiger partial charge in [-0.2, -0.15) is 4.98 Å². The van der Waals surface area contributed by atoms with Gasteiger partial charge in [-0.3, -0.25) is 4.79 Å². The van der Waals surface area contributed by atoms with E-state index >= 15 is 0 Å². The summed E-state index contributed by atoms with van der Waals surface area (Å²) >= 11 is 0. The van der Waals surface area contributed by atoms with Crippen LogP contribution in [0.3, 0.4) is 0 Å². The van der Waals surface area contributed by atoms with Crippen LogP contribution in [0.2, 0.25) is 0 Å². The van der Waals surface area contributed by atoms with E-state index in [0.29, 0.717) is 42.3 Å². The SMILES string of the molecule is CC(C1CC1)N(C)C(=O)CCc1nc(-c2ccco2)no1. The van der Waals surface area contributed by atoms with Crippen LogP contribution < -0.4 is 0 Å². The van der Waals surface area contributed by atoms with Crippen molar-refractivity contribution >= 4 is 5.91 Å². The lowest BCUT2D eigenvalue weighted by Gasteiger charge is -2.24. The second-order valence-corrected chi connectivity index (χ2v) is 5.57. The topological polar surface area (TPSA) is 72.4 Å². The van der Waals surface area contributed by atoms with Gasteiger partial charge in [-0.15, -0.1) is 0 Å². The fourth-order valence-electron chi connectivity index (χ4n) is 2.37. The van der Waals surface area contributed by atoms with Gasteiger partial charge in [0.05, 0.1) is 6.26 Å². The molecule has 0 saturated heterocycles. The van der Waals surface area contributed by atoms with E-state index in [1.807, 2.05) is 11.9 Å². The van der Waals surface area contributed by atoms with Crippen LogP contribution in [0.4, 0.5) is 0 Å². The van der Waals surface area contributed by atoms with Gasteiger partial charge in [-0.1, -0.05) is 5.16 Å². The molecule has 6 heteroatoms. The summed E-state index contributed by atoms with van der Waals surface area (Å²) in [6, 6.07) is 3.85. The van der Waals surface area contributed by atoms with E-state index in [4.69, 9.17) is 8.94 Å². The van der Waals surface area contributed by atoms with Crippen molar-refractivity contribution in [3.05, 3.63) is 24.3 Å². The Morgan fingerprint density at radius 3 is 3.00 bits per heavy atom. The molecule has 2 heterocycles. The highest BCUT2D eigenvalue weighted by Crippen LogP contribution is 2.34. The summed E-state index contributed by atoms with van der Waals surface area (Å²) in [4.78, 5) is 18.2. The van der Waals surface area contributed by atoms with Gasteiger partial charge in [-0.25, -0.2) is 0 Å². The molecular weight excluding hydrogens is 270 g/mol. The van der Waals surface area contributed by atoms with E-state index in [9.17, 15) is 4.79 Å². The van der Waals surface area contributed by atoms with Crippen LogP contribution in [0.1, 0.15) is 32.1 Å². The van der Waals surface area contributed by atoms with Crippen LogP contribution in [-0.2, 0) is 11.2 Å². The summed E-state index contributed by atoms with van der Waals surface area (Å²) in [5.41, 5.74) is 0. The van der Waals surface area contributed by atoms with E-state index < -0.39 is 0 Å². The molecule has 112 valence electrons. The second-order valence-electron chi connectivity index (χ2n) is 5.57. The fourth-order valence-corrected chi connectivity index (χ4v) is 2.37. The number of rotatable bonds is 6. The lowest BCUT2D eigenvalue weighted by atomic mass is 10.1. The number of nitrogens with zero attached hydrogens (tertiary/aromatic N) is 3. The van der Waals surface area contributed by atoms with Crippen molar-refractivity contribution in [2.24, 2.45) is 5.92 Å². The molecule has 0 aliphatic heterocycles. The summed E-state index contributed by atoms with van der Waals surface area (Å²) in [6.45, 7) is 2.11. The molecule has 1 fully saturated rings. The number of furan rings is 1. The zero-order valence-electron chi connectivity index (χ0n) is 12.3. The summed E-state index contributed by atoms with van der Waals surface area (Å²) < 4.78 is 10.3. The lowest BCUT2D eigenvalue weighted by molar-refractivity contribution is -0.132. The normalized spacial score (nSPS) is 15.9. The molecule has 1 unspecified atom stereocenters. The third-order valence-electron chi connectivity index (χ3n) is 4.07. The first kappa shape index (κ1) is 13.9. The quantitative estimate of drug-likeness (QED) is 0.817. The van der Waals surface area contributed by atoms with Crippen molar-refractivity contribution in [1.29, 1.82) is 0 Å². The van der Waals surface area contributed by atoms with Crippen LogP contribution in [0.25, 0.3) is 11.6 Å². The Labute approximate surface area is 123 Å². The summed E-state index contributed by atoms with van der Waals surface area (Å²) in [5, 5.41) is 3.85. The third kappa shape index (κ3) is 3.15. The molecule has 1 saturated carbocycles. The van der Waals surface area contributed by atoms with Gasteiger partial charge < -0.3 is 13.8 Å². The van der Waals surface area contributed by atoms with E-state index in [1.165, 1.54) is 12.8 Å². The van der Waals surface area contributed by atoms with Gasteiger partial charge in [0.1, 0.15) is 0 Å². The minimum absolute atomic E-state index is 0.118. The average molecular weight is 289 g/mol. The van der Waals surface area contributed by atoms with Gasteiger partial charge in [0.15, 0.2) is 5.76 Å². The fraction of sp³-hybridized carbons (Fsp3) is 0.533. The molecule has 1 aliphatic carbocycles. The maximum atomic E-state index is 12.1. The predicted octanol–water partition coefficient (Wildman–Crippen LogP) is 2.52. The third-order valence-corrected chi connectivity index (χ3v) is 4.07. The Hall–Kier alpha value is -2.11. The smallest absolute Gasteiger partial charge is 0.238 e. The van der Waals surface area contributed by atoms with Crippen molar-refractivity contribution in [2.75, 3.05) is 7.05 Å². The lowest BCUT2D eigenvalue weighted by Crippen LogP contribution is -2.36. The van der Waals surface area contributed by atoms with Gasteiger partial charge in [0.25, 0.3) is 0 Å². The Kier molecular flexibility index (Phi) is 3.77. The zero-order valence-corrected chi connectivity index (χ0v) is 12.3. The number of aryl methyl sites for hydroxylation is 1. The molecule has 0 spiro atoms.